The van der Waals surface area contributed by atoms with E-state index in [1.165, 1.54) is 0 Å². The van der Waals surface area contributed by atoms with Crippen LogP contribution in [0.2, 0.25) is 0 Å². The third-order valence-electron chi connectivity index (χ3n) is 1.67. The Morgan fingerprint density at radius 3 is 2.90 bits per heavy atom. The molecule has 0 bridgehead atoms. The molecule has 0 spiro atoms. The van der Waals surface area contributed by atoms with Crippen LogP contribution < -0.4 is 0 Å². The molecule has 0 aromatic rings. The fraction of sp³-hybridized carbons (Fsp3) is 0.250. The molecule has 2 atom stereocenters. The maximum Gasteiger partial charge on any atom is 0.0839 e. The van der Waals surface area contributed by atoms with Crippen LogP contribution in [-0.2, 0) is 0 Å². The molecule has 0 saturated carbocycles. The van der Waals surface area contributed by atoms with E-state index in [0.717, 1.165) is 0 Å². The van der Waals surface area contributed by atoms with E-state index >= 15 is 0 Å². The highest BCUT2D eigenvalue weighted by atomic mass is 127. The van der Waals surface area contributed by atoms with Crippen LogP contribution in [0.1, 0.15) is 0 Å². The number of fused-ring (bicyclic) bond motifs is 1. The van der Waals surface area contributed by atoms with Gasteiger partial charge in [-0.3, -0.25) is 3.15 Å². The molecule has 52 valence electrons. The Bertz CT molecular complexity index is 188. The lowest BCUT2D eigenvalue weighted by Crippen LogP contribution is -2.13. The molecule has 0 saturated heterocycles. The zero-order valence-corrected chi connectivity index (χ0v) is 7.60. The fourth-order valence-electron chi connectivity index (χ4n) is 1.10. The first-order chi connectivity index (χ1) is 4.97. The third kappa shape index (κ3) is 1.12. The summed E-state index contributed by atoms with van der Waals surface area (Å²) in [5.41, 5.74) is 0. The number of hydrogen-bond acceptors (Lipinski definition) is 1. The molecule has 1 aliphatic heterocycles. The maximum atomic E-state index is 4.54. The van der Waals surface area contributed by atoms with Crippen molar-refractivity contribution in [3.63, 3.8) is 0 Å². The summed E-state index contributed by atoms with van der Waals surface area (Å²) in [6.45, 7) is 0. The van der Waals surface area contributed by atoms with Crippen molar-refractivity contribution in [1.29, 1.82) is 0 Å². The van der Waals surface area contributed by atoms with E-state index in [1.54, 1.807) is 0 Å². The van der Waals surface area contributed by atoms with E-state index in [0.29, 0.717) is 12.0 Å². The smallest absolute Gasteiger partial charge is 0.0839 e. The predicted molar refractivity (Wildman–Crippen MR) is 51.1 cm³/mol. The highest BCUT2D eigenvalue weighted by Gasteiger charge is 2.15. The minimum absolute atomic E-state index is 0.0280. The minimum Gasteiger partial charge on any atom is -0.250 e. The highest BCUT2D eigenvalue weighted by Crippen LogP contribution is 2.26. The molecule has 2 rings (SSSR count). The van der Waals surface area contributed by atoms with Crippen LogP contribution in [0.5, 0.6) is 0 Å². The summed E-state index contributed by atoms with van der Waals surface area (Å²) in [6.07, 6.45) is 10.9. The average molecular weight is 245 g/mol. The summed E-state index contributed by atoms with van der Waals surface area (Å²) < 4.78 is 6.78. The van der Waals surface area contributed by atoms with Crippen molar-refractivity contribution in [2.45, 2.75) is 6.04 Å². The second kappa shape index (κ2) is 2.78. The van der Waals surface area contributed by atoms with Gasteiger partial charge in [-0.1, -0.05) is 30.4 Å². The van der Waals surface area contributed by atoms with Crippen molar-refractivity contribution in [2.24, 2.45) is 9.06 Å². The normalized spacial score (nSPS) is 35.2. The molecule has 0 fully saturated rings. The summed E-state index contributed by atoms with van der Waals surface area (Å²) in [4.78, 5) is 0. The summed E-state index contributed by atoms with van der Waals surface area (Å²) in [6, 6.07) is 0.475. The quantitative estimate of drug-likeness (QED) is 0.582. The second-order valence-electron chi connectivity index (χ2n) is 2.35. The molecule has 2 heteroatoms. The van der Waals surface area contributed by atoms with Crippen LogP contribution in [-0.4, -0.2) is 6.04 Å². The molecule has 0 amide bonds. The summed E-state index contributed by atoms with van der Waals surface area (Å²) >= 11 is 0.0280. The topological polar surface area (TPSA) is 12.4 Å². The Morgan fingerprint density at radius 2 is 2.00 bits per heavy atom. The van der Waals surface area contributed by atoms with Gasteiger partial charge in [-0.05, 0) is 4.08 Å². The van der Waals surface area contributed by atoms with Gasteiger partial charge in [0.2, 0.25) is 0 Å². The van der Waals surface area contributed by atoms with Gasteiger partial charge in [0.25, 0.3) is 0 Å². The number of rotatable bonds is 0. The van der Waals surface area contributed by atoms with E-state index in [9.17, 15) is 0 Å². The molecule has 2 aliphatic rings. The number of nitrogens with zero attached hydrogens (tertiary/aromatic N) is 1. The van der Waals surface area contributed by atoms with Gasteiger partial charge in [0.1, 0.15) is 0 Å². The van der Waals surface area contributed by atoms with Crippen LogP contribution in [0.4, 0.5) is 0 Å². The monoisotopic (exact) mass is 245 g/mol. The predicted octanol–water partition coefficient (Wildman–Crippen LogP) is 2.78. The van der Waals surface area contributed by atoms with Crippen LogP contribution in [0.3, 0.4) is 0 Å². The van der Waals surface area contributed by atoms with Crippen LogP contribution in [0.15, 0.2) is 37.6 Å². The standard InChI is InChI=1S/C8H8IN/c1-2-4-8-7(3-1)5-6-9-10-8/h1-8H. The summed E-state index contributed by atoms with van der Waals surface area (Å²) in [5, 5.41) is 0. The largest absolute Gasteiger partial charge is 0.250 e. The van der Waals surface area contributed by atoms with E-state index in [1.807, 2.05) is 0 Å². The van der Waals surface area contributed by atoms with Crippen molar-refractivity contribution < 1.29 is 0 Å². The maximum absolute atomic E-state index is 4.54. The molecule has 1 heterocycles. The van der Waals surface area contributed by atoms with Crippen molar-refractivity contribution in [1.82, 2.24) is 0 Å². The first-order valence-corrected chi connectivity index (χ1v) is 5.52. The van der Waals surface area contributed by atoms with Gasteiger partial charge in [-0.15, -0.1) is 0 Å². The van der Waals surface area contributed by atoms with Gasteiger partial charge in [0, 0.05) is 27.0 Å². The number of halogens is 1. The van der Waals surface area contributed by atoms with Gasteiger partial charge in [-0.2, -0.15) is 0 Å². The Hall–Kier alpha value is -0.250. The minimum atomic E-state index is 0.0280. The zero-order chi connectivity index (χ0) is 6.81. The summed E-state index contributed by atoms with van der Waals surface area (Å²) in [7, 11) is 0. The van der Waals surface area contributed by atoms with Gasteiger partial charge in [-0.25, -0.2) is 0 Å². The molecule has 2 unspecified atom stereocenters. The lowest BCUT2D eigenvalue weighted by Gasteiger charge is -2.18. The molecule has 0 radical (unpaired) electrons. The Balaban J connectivity index is 2.28. The molecule has 0 N–H and O–H groups in total. The van der Waals surface area contributed by atoms with Gasteiger partial charge in [0.05, 0.1) is 6.04 Å². The molecule has 1 nitrogen and oxygen atoms in total. The number of allylic oxidation sites excluding steroid dienone is 2. The van der Waals surface area contributed by atoms with Gasteiger partial charge >= 0.3 is 0 Å². The lowest BCUT2D eigenvalue weighted by molar-refractivity contribution is 0.700. The van der Waals surface area contributed by atoms with Crippen LogP contribution in [0.25, 0.3) is 0 Å². The molecular weight excluding hydrogens is 237 g/mol. The Morgan fingerprint density at radius 1 is 1.10 bits per heavy atom. The third-order valence-corrected chi connectivity index (χ3v) is 3.37. The molecular formula is C8H8IN. The highest BCUT2D eigenvalue weighted by molar-refractivity contribution is 14.2. The first kappa shape index (κ1) is 6.46. The fourth-order valence-corrected chi connectivity index (χ4v) is 2.88. The van der Waals surface area contributed by atoms with E-state index in [4.69, 9.17) is 0 Å². The van der Waals surface area contributed by atoms with Gasteiger partial charge in [0.15, 0.2) is 0 Å². The van der Waals surface area contributed by atoms with E-state index in [-0.39, 0.29) is 21.0 Å². The zero-order valence-electron chi connectivity index (χ0n) is 5.44. The molecule has 0 aromatic heterocycles. The lowest BCUT2D eigenvalue weighted by atomic mass is 9.96. The first-order valence-electron chi connectivity index (χ1n) is 3.31. The Labute approximate surface area is 70.7 Å². The van der Waals surface area contributed by atoms with Crippen molar-refractivity contribution in [3.8, 4) is 0 Å². The van der Waals surface area contributed by atoms with Crippen molar-refractivity contribution in [2.75, 3.05) is 0 Å². The van der Waals surface area contributed by atoms with Crippen molar-refractivity contribution >= 4 is 21.0 Å². The Kier molecular flexibility index (Phi) is 1.80. The molecule has 0 aromatic carbocycles. The van der Waals surface area contributed by atoms with Crippen LogP contribution >= 0.6 is 21.0 Å². The van der Waals surface area contributed by atoms with Gasteiger partial charge < -0.3 is 0 Å². The van der Waals surface area contributed by atoms with Crippen molar-refractivity contribution in [3.05, 3.63) is 34.5 Å². The molecule has 1 aliphatic carbocycles. The number of hydrogen-bond donors (Lipinski definition) is 0. The SMILES string of the molecule is C1=CC2C=CI=NC2C=C1. The van der Waals surface area contributed by atoms with Crippen LogP contribution in [0, 0.1) is 5.92 Å². The molecule has 10 heavy (non-hydrogen) atoms. The van der Waals surface area contributed by atoms with E-state index < -0.39 is 0 Å². The average Bonchev–Trinajstić information content (AvgIpc) is 2.05. The second-order valence-corrected chi connectivity index (χ2v) is 4.18. The van der Waals surface area contributed by atoms with E-state index in [2.05, 4.69) is 37.6 Å². The summed E-state index contributed by atoms with van der Waals surface area (Å²) in [5.74, 6) is 0.568.